The maximum atomic E-state index is 10.2. The zero-order valence-corrected chi connectivity index (χ0v) is 10.0. The van der Waals surface area contributed by atoms with Crippen molar-refractivity contribution in [2.45, 2.75) is 69.7 Å². The van der Waals surface area contributed by atoms with Crippen LogP contribution in [-0.2, 0) is 0 Å². The third-order valence-electron chi connectivity index (χ3n) is 3.92. The zero-order valence-electron chi connectivity index (χ0n) is 10.0. The van der Waals surface area contributed by atoms with E-state index in [0.717, 1.165) is 12.8 Å². The average Bonchev–Trinajstić information content (AvgIpc) is 2.40. The van der Waals surface area contributed by atoms with Crippen LogP contribution >= 0.6 is 0 Å². The van der Waals surface area contributed by atoms with Gasteiger partial charge in [-0.1, -0.05) is 0 Å². The van der Waals surface area contributed by atoms with E-state index in [-0.39, 0.29) is 12.1 Å². The highest BCUT2D eigenvalue weighted by Crippen LogP contribution is 2.44. The summed E-state index contributed by atoms with van der Waals surface area (Å²) in [5, 5.41) is 19.4. The van der Waals surface area contributed by atoms with Crippen molar-refractivity contribution in [1.29, 1.82) is 0 Å². The Bertz CT molecular complexity index is 232. The van der Waals surface area contributed by atoms with E-state index in [2.05, 4.69) is 25.7 Å². The van der Waals surface area contributed by atoms with Crippen LogP contribution in [0.2, 0.25) is 0 Å². The van der Waals surface area contributed by atoms with E-state index < -0.39 is 5.60 Å². The SMILES string of the molecule is CC(C)(C)N1C2CCC1CC(O)(CO)C2. The fraction of sp³-hybridized carbons (Fsp3) is 1.00. The largest absolute Gasteiger partial charge is 0.393 e. The first kappa shape index (κ1) is 11.4. The van der Waals surface area contributed by atoms with Gasteiger partial charge in [0.2, 0.25) is 0 Å². The summed E-state index contributed by atoms with van der Waals surface area (Å²) in [5.41, 5.74) is -0.629. The van der Waals surface area contributed by atoms with Crippen LogP contribution < -0.4 is 0 Å². The molecule has 2 bridgehead atoms. The summed E-state index contributed by atoms with van der Waals surface area (Å²) in [4.78, 5) is 2.54. The number of hydrogen-bond donors (Lipinski definition) is 2. The van der Waals surface area contributed by atoms with Crippen LogP contribution in [0.3, 0.4) is 0 Å². The summed E-state index contributed by atoms with van der Waals surface area (Å²) in [7, 11) is 0. The molecular weight excluding hydrogens is 190 g/mol. The van der Waals surface area contributed by atoms with E-state index in [1.807, 2.05) is 0 Å². The van der Waals surface area contributed by atoms with Crippen molar-refractivity contribution in [2.24, 2.45) is 0 Å². The Morgan fingerprint density at radius 3 is 2.00 bits per heavy atom. The number of nitrogens with zero attached hydrogens (tertiary/aromatic N) is 1. The molecule has 15 heavy (non-hydrogen) atoms. The third kappa shape index (κ3) is 1.93. The maximum absolute atomic E-state index is 10.2. The molecule has 2 aliphatic heterocycles. The van der Waals surface area contributed by atoms with Gasteiger partial charge in [0.15, 0.2) is 0 Å². The normalized spacial score (nSPS) is 42.2. The molecule has 3 nitrogen and oxygen atoms in total. The minimum Gasteiger partial charge on any atom is -0.393 e. The molecule has 2 unspecified atom stereocenters. The maximum Gasteiger partial charge on any atom is 0.0907 e. The third-order valence-corrected chi connectivity index (χ3v) is 3.92. The Morgan fingerprint density at radius 1 is 1.20 bits per heavy atom. The molecule has 2 rings (SSSR count). The van der Waals surface area contributed by atoms with Gasteiger partial charge in [-0.2, -0.15) is 0 Å². The highest BCUT2D eigenvalue weighted by molar-refractivity contribution is 5.05. The fourth-order valence-electron chi connectivity index (χ4n) is 3.55. The van der Waals surface area contributed by atoms with Crippen LogP contribution in [0.25, 0.3) is 0 Å². The molecule has 2 atom stereocenters. The van der Waals surface area contributed by atoms with Gasteiger partial charge >= 0.3 is 0 Å². The Labute approximate surface area is 92.1 Å². The molecule has 0 amide bonds. The topological polar surface area (TPSA) is 43.7 Å². The van der Waals surface area contributed by atoms with Crippen molar-refractivity contribution in [3.8, 4) is 0 Å². The Kier molecular flexibility index (Phi) is 2.61. The van der Waals surface area contributed by atoms with Gasteiger partial charge in [0.25, 0.3) is 0 Å². The fourth-order valence-corrected chi connectivity index (χ4v) is 3.55. The quantitative estimate of drug-likeness (QED) is 0.686. The van der Waals surface area contributed by atoms with Crippen molar-refractivity contribution in [3.63, 3.8) is 0 Å². The Morgan fingerprint density at radius 2 is 1.67 bits per heavy atom. The molecule has 3 heteroatoms. The van der Waals surface area contributed by atoms with Crippen molar-refractivity contribution < 1.29 is 10.2 Å². The summed E-state index contributed by atoms with van der Waals surface area (Å²) in [6, 6.07) is 0.918. The van der Waals surface area contributed by atoms with E-state index in [0.29, 0.717) is 12.1 Å². The zero-order chi connectivity index (χ0) is 11.3. The predicted octanol–water partition coefficient (Wildman–Crippen LogP) is 1.14. The van der Waals surface area contributed by atoms with Crippen LogP contribution in [0, 0.1) is 0 Å². The molecule has 2 N–H and O–H groups in total. The van der Waals surface area contributed by atoms with Gasteiger partial charge in [0, 0.05) is 17.6 Å². The van der Waals surface area contributed by atoms with E-state index in [1.54, 1.807) is 0 Å². The van der Waals surface area contributed by atoms with Crippen LogP contribution in [0.4, 0.5) is 0 Å². The van der Waals surface area contributed by atoms with Gasteiger partial charge in [-0.3, -0.25) is 4.90 Å². The number of hydrogen-bond acceptors (Lipinski definition) is 3. The van der Waals surface area contributed by atoms with E-state index in [1.165, 1.54) is 12.8 Å². The summed E-state index contributed by atoms with van der Waals surface area (Å²) in [6.07, 6.45) is 3.81. The van der Waals surface area contributed by atoms with Crippen LogP contribution in [0.1, 0.15) is 46.5 Å². The lowest BCUT2D eigenvalue weighted by atomic mass is 9.84. The molecular formula is C12H23NO2. The standard InChI is InChI=1S/C12H23NO2/c1-11(2,3)13-9-4-5-10(13)7-12(15,6-9)8-14/h9-10,14-15H,4-8H2,1-3H3. The Hall–Kier alpha value is -0.120. The molecule has 0 aromatic heterocycles. The first-order valence-electron chi connectivity index (χ1n) is 5.97. The van der Waals surface area contributed by atoms with Gasteiger partial charge in [-0.25, -0.2) is 0 Å². The molecule has 2 fully saturated rings. The lowest BCUT2D eigenvalue weighted by Gasteiger charge is -2.49. The van der Waals surface area contributed by atoms with Gasteiger partial charge in [-0.05, 0) is 46.5 Å². The second-order valence-corrected chi connectivity index (χ2v) is 6.25. The molecule has 2 heterocycles. The summed E-state index contributed by atoms with van der Waals surface area (Å²) in [6.45, 7) is 6.63. The second-order valence-electron chi connectivity index (χ2n) is 6.25. The van der Waals surface area contributed by atoms with Crippen LogP contribution in [-0.4, -0.2) is 44.9 Å². The van der Waals surface area contributed by atoms with Gasteiger partial charge < -0.3 is 10.2 Å². The minimum absolute atomic E-state index is 0.0853. The van der Waals surface area contributed by atoms with E-state index in [9.17, 15) is 10.2 Å². The lowest BCUT2D eigenvalue weighted by Crippen LogP contribution is -2.58. The van der Waals surface area contributed by atoms with Crippen LogP contribution in [0.15, 0.2) is 0 Å². The first-order valence-corrected chi connectivity index (χ1v) is 5.97. The molecule has 0 saturated carbocycles. The highest BCUT2D eigenvalue weighted by atomic mass is 16.3. The molecule has 2 saturated heterocycles. The summed E-state index contributed by atoms with van der Waals surface area (Å²) in [5.74, 6) is 0. The monoisotopic (exact) mass is 213 g/mol. The summed E-state index contributed by atoms with van der Waals surface area (Å²) >= 11 is 0. The number of fused-ring (bicyclic) bond motifs is 2. The molecule has 0 aromatic carbocycles. The number of aliphatic hydroxyl groups is 2. The molecule has 0 radical (unpaired) electrons. The number of aliphatic hydroxyl groups excluding tert-OH is 1. The van der Waals surface area contributed by atoms with Crippen molar-refractivity contribution in [3.05, 3.63) is 0 Å². The minimum atomic E-state index is -0.812. The first-order chi connectivity index (χ1) is 6.86. The second kappa shape index (κ2) is 3.44. The smallest absolute Gasteiger partial charge is 0.0907 e. The molecule has 0 aromatic rings. The van der Waals surface area contributed by atoms with E-state index in [4.69, 9.17) is 0 Å². The highest BCUT2D eigenvalue weighted by Gasteiger charge is 2.50. The van der Waals surface area contributed by atoms with Gasteiger partial charge in [0.05, 0.1) is 12.2 Å². The predicted molar refractivity (Wildman–Crippen MR) is 59.7 cm³/mol. The summed E-state index contributed by atoms with van der Waals surface area (Å²) < 4.78 is 0. The molecule has 0 spiro atoms. The van der Waals surface area contributed by atoms with Gasteiger partial charge in [-0.15, -0.1) is 0 Å². The van der Waals surface area contributed by atoms with E-state index >= 15 is 0 Å². The molecule has 2 aliphatic rings. The Balaban J connectivity index is 2.17. The number of piperidine rings is 1. The van der Waals surface area contributed by atoms with Crippen molar-refractivity contribution in [1.82, 2.24) is 4.90 Å². The lowest BCUT2D eigenvalue weighted by molar-refractivity contribution is -0.102. The number of rotatable bonds is 1. The average molecular weight is 213 g/mol. The molecule has 88 valence electrons. The van der Waals surface area contributed by atoms with Crippen molar-refractivity contribution >= 4 is 0 Å². The van der Waals surface area contributed by atoms with Crippen molar-refractivity contribution in [2.75, 3.05) is 6.61 Å². The molecule has 0 aliphatic carbocycles. The van der Waals surface area contributed by atoms with Gasteiger partial charge in [0.1, 0.15) is 0 Å². The van der Waals surface area contributed by atoms with Crippen LogP contribution in [0.5, 0.6) is 0 Å².